The molecule has 0 unspecified atom stereocenters. The average molecular weight is 311 g/mol. The molecule has 0 atom stereocenters. The third kappa shape index (κ3) is 3.35. The van der Waals surface area contributed by atoms with Crippen molar-refractivity contribution in [3.8, 4) is 5.69 Å². The van der Waals surface area contributed by atoms with E-state index >= 15 is 0 Å². The highest BCUT2D eigenvalue weighted by molar-refractivity contribution is 7.99. The standard InChI is InChI=1S/C14H15ClN2O2S/c1-10-12(8-19-13(18)9-20-2)14(15)17(16-10)11-6-4-3-5-7-11/h3-7H,8-9H2,1-2H3. The van der Waals surface area contributed by atoms with Crippen molar-refractivity contribution in [1.82, 2.24) is 9.78 Å². The SMILES string of the molecule is CSCC(=O)OCc1c(C)nn(-c2ccccc2)c1Cl. The predicted octanol–water partition coefficient (Wildman–Crippen LogP) is 3.24. The Bertz CT molecular complexity index is 599. The summed E-state index contributed by atoms with van der Waals surface area (Å²) >= 11 is 7.76. The highest BCUT2D eigenvalue weighted by Crippen LogP contribution is 2.24. The zero-order chi connectivity index (χ0) is 14.5. The second-order valence-corrected chi connectivity index (χ2v) is 5.42. The molecule has 2 aromatic rings. The third-order valence-corrected chi connectivity index (χ3v) is 3.67. The molecule has 4 nitrogen and oxygen atoms in total. The molecule has 0 aliphatic carbocycles. The summed E-state index contributed by atoms with van der Waals surface area (Å²) in [7, 11) is 0. The number of aromatic nitrogens is 2. The fraction of sp³-hybridized carbons (Fsp3) is 0.286. The number of aryl methyl sites for hydroxylation is 1. The fourth-order valence-electron chi connectivity index (χ4n) is 1.75. The summed E-state index contributed by atoms with van der Waals surface area (Å²) in [6.45, 7) is 2.00. The van der Waals surface area contributed by atoms with Gasteiger partial charge in [0.15, 0.2) is 0 Å². The molecule has 0 N–H and O–H groups in total. The summed E-state index contributed by atoms with van der Waals surface area (Å²) in [6.07, 6.45) is 1.85. The van der Waals surface area contributed by atoms with E-state index in [4.69, 9.17) is 16.3 Å². The summed E-state index contributed by atoms with van der Waals surface area (Å²) in [4.78, 5) is 11.4. The average Bonchev–Trinajstić information content (AvgIpc) is 2.73. The Morgan fingerprint density at radius 1 is 1.40 bits per heavy atom. The van der Waals surface area contributed by atoms with Crippen molar-refractivity contribution >= 4 is 29.3 Å². The van der Waals surface area contributed by atoms with E-state index < -0.39 is 0 Å². The van der Waals surface area contributed by atoms with Gasteiger partial charge in [-0.3, -0.25) is 4.79 Å². The lowest BCUT2D eigenvalue weighted by atomic mass is 10.3. The lowest BCUT2D eigenvalue weighted by molar-refractivity contribution is -0.141. The smallest absolute Gasteiger partial charge is 0.316 e. The molecule has 0 radical (unpaired) electrons. The number of rotatable bonds is 5. The molecule has 0 aliphatic heterocycles. The molecule has 6 heteroatoms. The molecular formula is C14H15ClN2O2S. The number of benzene rings is 1. The zero-order valence-corrected chi connectivity index (χ0v) is 12.9. The van der Waals surface area contributed by atoms with Crippen molar-refractivity contribution < 1.29 is 9.53 Å². The molecule has 1 heterocycles. The van der Waals surface area contributed by atoms with Gasteiger partial charge in [-0.05, 0) is 25.3 Å². The van der Waals surface area contributed by atoms with Crippen LogP contribution < -0.4 is 0 Å². The molecule has 0 amide bonds. The Labute approximate surface area is 127 Å². The summed E-state index contributed by atoms with van der Waals surface area (Å²) in [6, 6.07) is 9.60. The minimum Gasteiger partial charge on any atom is -0.460 e. The van der Waals surface area contributed by atoms with Gasteiger partial charge in [0.25, 0.3) is 0 Å². The highest BCUT2D eigenvalue weighted by Gasteiger charge is 2.16. The van der Waals surface area contributed by atoms with Gasteiger partial charge in [0.2, 0.25) is 0 Å². The largest absolute Gasteiger partial charge is 0.460 e. The number of hydrogen-bond donors (Lipinski definition) is 0. The number of carbonyl (C=O) groups excluding carboxylic acids is 1. The number of hydrogen-bond acceptors (Lipinski definition) is 4. The fourth-order valence-corrected chi connectivity index (χ4v) is 2.39. The summed E-state index contributed by atoms with van der Waals surface area (Å²) in [5.41, 5.74) is 2.38. The number of halogens is 1. The van der Waals surface area contributed by atoms with Gasteiger partial charge in [0.05, 0.1) is 17.1 Å². The van der Waals surface area contributed by atoms with E-state index in [1.54, 1.807) is 4.68 Å². The van der Waals surface area contributed by atoms with E-state index in [0.29, 0.717) is 10.9 Å². The van der Waals surface area contributed by atoms with Crippen LogP contribution in [0.1, 0.15) is 11.3 Å². The first kappa shape index (κ1) is 14.9. The third-order valence-electron chi connectivity index (χ3n) is 2.76. The van der Waals surface area contributed by atoms with Crippen molar-refractivity contribution in [1.29, 1.82) is 0 Å². The summed E-state index contributed by atoms with van der Waals surface area (Å²) < 4.78 is 6.83. The summed E-state index contributed by atoms with van der Waals surface area (Å²) in [5.74, 6) is 0.0872. The lowest BCUT2D eigenvalue weighted by Gasteiger charge is -2.04. The lowest BCUT2D eigenvalue weighted by Crippen LogP contribution is -2.07. The Kier molecular flexibility index (Phi) is 5.09. The van der Waals surface area contributed by atoms with Crippen molar-refractivity contribution in [3.05, 3.63) is 46.7 Å². The Morgan fingerprint density at radius 3 is 2.75 bits per heavy atom. The molecule has 0 spiro atoms. The monoisotopic (exact) mass is 310 g/mol. The molecule has 1 aromatic carbocycles. The first-order valence-corrected chi connectivity index (χ1v) is 7.84. The highest BCUT2D eigenvalue weighted by atomic mass is 35.5. The van der Waals surface area contributed by atoms with Crippen LogP contribution in [0.4, 0.5) is 0 Å². The van der Waals surface area contributed by atoms with Gasteiger partial charge >= 0.3 is 5.97 Å². The minimum absolute atomic E-state index is 0.150. The Balaban J connectivity index is 2.19. The van der Waals surface area contributed by atoms with E-state index in [-0.39, 0.29) is 12.6 Å². The first-order valence-electron chi connectivity index (χ1n) is 6.07. The molecule has 0 saturated carbocycles. The normalized spacial score (nSPS) is 10.6. The molecule has 2 rings (SSSR count). The van der Waals surface area contributed by atoms with Crippen molar-refractivity contribution in [2.45, 2.75) is 13.5 Å². The first-order chi connectivity index (χ1) is 9.63. The molecular weight excluding hydrogens is 296 g/mol. The maximum absolute atomic E-state index is 11.4. The molecule has 0 fully saturated rings. The Morgan fingerprint density at radius 2 is 2.10 bits per heavy atom. The number of nitrogens with zero attached hydrogens (tertiary/aromatic N) is 2. The van der Waals surface area contributed by atoms with Crippen LogP contribution in [0.15, 0.2) is 30.3 Å². The molecule has 1 aromatic heterocycles. The maximum atomic E-state index is 11.4. The van der Waals surface area contributed by atoms with Crippen molar-refractivity contribution in [3.63, 3.8) is 0 Å². The molecule has 0 aliphatic rings. The van der Waals surface area contributed by atoms with Crippen LogP contribution in [0, 0.1) is 6.92 Å². The van der Waals surface area contributed by atoms with E-state index in [1.807, 2.05) is 43.5 Å². The second kappa shape index (κ2) is 6.81. The molecule has 106 valence electrons. The van der Waals surface area contributed by atoms with Gasteiger partial charge in [-0.15, -0.1) is 0 Å². The van der Waals surface area contributed by atoms with E-state index in [0.717, 1.165) is 16.9 Å². The predicted molar refractivity (Wildman–Crippen MR) is 81.5 cm³/mol. The van der Waals surface area contributed by atoms with Crippen LogP contribution in [-0.2, 0) is 16.1 Å². The van der Waals surface area contributed by atoms with Crippen LogP contribution in [0.2, 0.25) is 5.15 Å². The van der Waals surface area contributed by atoms with Gasteiger partial charge < -0.3 is 4.74 Å². The maximum Gasteiger partial charge on any atom is 0.316 e. The van der Waals surface area contributed by atoms with Crippen molar-refractivity contribution in [2.24, 2.45) is 0 Å². The quantitative estimate of drug-likeness (QED) is 0.795. The number of thioether (sulfide) groups is 1. The van der Waals surface area contributed by atoms with Gasteiger partial charge in [0, 0.05) is 5.56 Å². The second-order valence-electron chi connectivity index (χ2n) is 4.20. The van der Waals surface area contributed by atoms with Gasteiger partial charge in [0.1, 0.15) is 11.8 Å². The van der Waals surface area contributed by atoms with Gasteiger partial charge in [-0.2, -0.15) is 16.9 Å². The topological polar surface area (TPSA) is 44.1 Å². The van der Waals surface area contributed by atoms with Crippen LogP contribution >= 0.6 is 23.4 Å². The van der Waals surface area contributed by atoms with E-state index in [9.17, 15) is 4.79 Å². The number of ether oxygens (including phenoxy) is 1. The van der Waals surface area contributed by atoms with Crippen LogP contribution in [0.5, 0.6) is 0 Å². The number of para-hydroxylation sites is 1. The van der Waals surface area contributed by atoms with Crippen LogP contribution in [0.3, 0.4) is 0 Å². The van der Waals surface area contributed by atoms with E-state index in [2.05, 4.69) is 5.10 Å². The van der Waals surface area contributed by atoms with Crippen LogP contribution in [0.25, 0.3) is 5.69 Å². The van der Waals surface area contributed by atoms with Gasteiger partial charge in [-0.1, -0.05) is 29.8 Å². The number of carbonyl (C=O) groups is 1. The van der Waals surface area contributed by atoms with E-state index in [1.165, 1.54) is 11.8 Å². The minimum atomic E-state index is -0.250. The Hall–Kier alpha value is -1.46. The molecule has 0 bridgehead atoms. The zero-order valence-electron chi connectivity index (χ0n) is 11.3. The molecule has 20 heavy (non-hydrogen) atoms. The van der Waals surface area contributed by atoms with Gasteiger partial charge in [-0.25, -0.2) is 4.68 Å². The van der Waals surface area contributed by atoms with Crippen molar-refractivity contribution in [2.75, 3.05) is 12.0 Å². The van der Waals surface area contributed by atoms with Crippen LogP contribution in [-0.4, -0.2) is 27.8 Å². The summed E-state index contributed by atoms with van der Waals surface area (Å²) in [5, 5.41) is 4.87. The number of esters is 1. The molecule has 0 saturated heterocycles.